The number of aromatic nitrogens is 5. The fraction of sp³-hybridized carbons (Fsp3) is 0.467. The molecule has 1 unspecified atom stereocenters. The van der Waals surface area contributed by atoms with Crippen molar-refractivity contribution >= 4 is 5.65 Å². The maximum Gasteiger partial charge on any atom is 0.419 e. The zero-order valence-electron chi connectivity index (χ0n) is 23.1. The van der Waals surface area contributed by atoms with Crippen LogP contribution in [0.25, 0.3) is 16.8 Å². The van der Waals surface area contributed by atoms with Crippen LogP contribution >= 0.6 is 0 Å². The molecular weight excluding hydrogens is 517 g/mol. The molecule has 6 rings (SSSR count). The van der Waals surface area contributed by atoms with Crippen molar-refractivity contribution in [2.75, 3.05) is 0 Å². The zero-order valence-corrected chi connectivity index (χ0v) is 23.1. The monoisotopic (exact) mass is 550 g/mol. The van der Waals surface area contributed by atoms with Gasteiger partial charge in [-0.3, -0.25) is 9.20 Å². The van der Waals surface area contributed by atoms with Gasteiger partial charge in [-0.2, -0.15) is 13.2 Å². The molecule has 1 N–H and O–H groups in total. The minimum Gasteiger partial charge on any atom is -0.320 e. The molecule has 0 aliphatic heterocycles. The lowest BCUT2D eigenvalue weighted by Crippen LogP contribution is -2.49. The largest absolute Gasteiger partial charge is 0.419 e. The third kappa shape index (κ3) is 4.33. The molecule has 7 nitrogen and oxygen atoms in total. The van der Waals surface area contributed by atoms with Gasteiger partial charge in [-0.25, -0.2) is 4.98 Å². The van der Waals surface area contributed by atoms with Crippen LogP contribution < -0.4 is 10.9 Å². The number of aryl methyl sites for hydroxylation is 1. The van der Waals surface area contributed by atoms with Crippen LogP contribution in [0.3, 0.4) is 0 Å². The van der Waals surface area contributed by atoms with Crippen molar-refractivity contribution in [1.29, 1.82) is 0 Å². The summed E-state index contributed by atoms with van der Waals surface area (Å²) in [6.07, 6.45) is 4.58. The first-order valence-electron chi connectivity index (χ1n) is 13.8. The number of nitrogens with one attached hydrogen (secondary N) is 1. The van der Waals surface area contributed by atoms with Crippen molar-refractivity contribution in [3.05, 3.63) is 81.9 Å². The number of rotatable bonds is 6. The Kier molecular flexibility index (Phi) is 6.18. The highest BCUT2D eigenvalue weighted by Crippen LogP contribution is 2.51. The Morgan fingerprint density at radius 1 is 1.18 bits per heavy atom. The summed E-state index contributed by atoms with van der Waals surface area (Å²) in [5.74, 6) is 1.36. The Morgan fingerprint density at radius 3 is 2.52 bits per heavy atom. The highest BCUT2D eigenvalue weighted by atomic mass is 19.4. The lowest BCUT2D eigenvalue weighted by atomic mass is 9.58. The molecule has 0 spiro atoms. The van der Waals surface area contributed by atoms with E-state index in [1.54, 1.807) is 12.4 Å². The van der Waals surface area contributed by atoms with Crippen molar-refractivity contribution < 1.29 is 13.2 Å². The quantitative estimate of drug-likeness (QED) is 0.328. The summed E-state index contributed by atoms with van der Waals surface area (Å²) in [5.41, 5.74) is -0.0500. The number of alkyl halides is 3. The zero-order chi connectivity index (χ0) is 28.4. The first kappa shape index (κ1) is 26.7. The number of pyridine rings is 1. The van der Waals surface area contributed by atoms with Crippen LogP contribution in [0.4, 0.5) is 13.2 Å². The SMILES string of the molecule is CC1CC(c2cccc(-c3cnc4c(C(F)(F)F)cc(C(C)NC5(C)CCC5)cn4c3=O)c2)(c2nncn2C)C1. The summed E-state index contributed by atoms with van der Waals surface area (Å²) in [4.78, 5) is 18.0. The van der Waals surface area contributed by atoms with Crippen LogP contribution in [0.2, 0.25) is 0 Å². The summed E-state index contributed by atoms with van der Waals surface area (Å²) in [7, 11) is 1.92. The smallest absolute Gasteiger partial charge is 0.320 e. The van der Waals surface area contributed by atoms with Gasteiger partial charge in [0.1, 0.15) is 12.2 Å². The molecule has 2 aliphatic carbocycles. The number of benzene rings is 1. The van der Waals surface area contributed by atoms with Crippen molar-refractivity contribution in [2.24, 2.45) is 13.0 Å². The van der Waals surface area contributed by atoms with Crippen molar-refractivity contribution in [3.63, 3.8) is 0 Å². The highest BCUT2D eigenvalue weighted by molar-refractivity contribution is 5.66. The Balaban J connectivity index is 1.47. The molecule has 10 heteroatoms. The van der Waals surface area contributed by atoms with Gasteiger partial charge in [0.2, 0.25) is 0 Å². The molecule has 1 atom stereocenters. The molecule has 0 saturated heterocycles. The average molecular weight is 551 g/mol. The average Bonchev–Trinajstić information content (AvgIpc) is 3.30. The third-order valence-corrected chi connectivity index (χ3v) is 8.91. The van der Waals surface area contributed by atoms with Gasteiger partial charge in [0.15, 0.2) is 5.65 Å². The molecule has 4 aromatic rings. The van der Waals surface area contributed by atoms with E-state index in [-0.39, 0.29) is 22.6 Å². The standard InChI is InChI=1S/C30H33F3N6O/c1-18-13-29(14-18,27-37-35-17-38(27)4)22-8-5-7-20(11-22)23-15-34-25-24(30(31,32)33)12-21(16-39(25)26(23)40)19(2)36-28(3)9-6-10-28/h5,7-8,11-12,15-19,36H,6,9-10,13-14H2,1-4H3. The van der Waals surface area contributed by atoms with E-state index in [1.165, 1.54) is 12.4 Å². The van der Waals surface area contributed by atoms with Crippen LogP contribution in [0, 0.1) is 5.92 Å². The van der Waals surface area contributed by atoms with E-state index in [0.717, 1.165) is 54.0 Å². The Bertz CT molecular complexity index is 1650. The van der Waals surface area contributed by atoms with Gasteiger partial charge in [-0.05, 0) is 80.7 Å². The van der Waals surface area contributed by atoms with Gasteiger partial charge in [-0.1, -0.05) is 25.1 Å². The fourth-order valence-corrected chi connectivity index (χ4v) is 6.68. The molecule has 2 aliphatic rings. The lowest BCUT2D eigenvalue weighted by Gasteiger charge is -2.46. The molecule has 0 bridgehead atoms. The van der Waals surface area contributed by atoms with Gasteiger partial charge in [-0.15, -0.1) is 10.2 Å². The molecule has 0 amide bonds. The second kappa shape index (κ2) is 9.26. The second-order valence-corrected chi connectivity index (χ2v) is 12.1. The molecule has 2 saturated carbocycles. The van der Waals surface area contributed by atoms with Crippen LogP contribution in [-0.2, 0) is 18.6 Å². The van der Waals surface area contributed by atoms with E-state index >= 15 is 0 Å². The van der Waals surface area contributed by atoms with Crippen molar-refractivity contribution in [3.8, 4) is 11.1 Å². The molecule has 3 heterocycles. The highest BCUT2D eigenvalue weighted by Gasteiger charge is 2.48. The van der Waals surface area contributed by atoms with Gasteiger partial charge in [0.25, 0.3) is 5.56 Å². The van der Waals surface area contributed by atoms with E-state index in [9.17, 15) is 18.0 Å². The topological polar surface area (TPSA) is 77.1 Å². The maximum atomic E-state index is 14.2. The first-order valence-corrected chi connectivity index (χ1v) is 13.8. The van der Waals surface area contributed by atoms with E-state index in [0.29, 0.717) is 17.0 Å². The van der Waals surface area contributed by atoms with Crippen molar-refractivity contribution in [2.45, 2.75) is 76.0 Å². The molecule has 210 valence electrons. The molecule has 1 aromatic carbocycles. The minimum atomic E-state index is -4.66. The summed E-state index contributed by atoms with van der Waals surface area (Å²) in [6, 6.07) is 8.39. The van der Waals surface area contributed by atoms with E-state index in [4.69, 9.17) is 0 Å². The third-order valence-electron chi connectivity index (χ3n) is 8.91. The van der Waals surface area contributed by atoms with E-state index in [1.807, 2.05) is 36.7 Å². The summed E-state index contributed by atoms with van der Waals surface area (Å²) in [6.45, 7) is 6.10. The predicted octanol–water partition coefficient (Wildman–Crippen LogP) is 5.82. The molecule has 2 fully saturated rings. The minimum absolute atomic E-state index is 0.115. The normalized spacial score (nSPS) is 23.0. The summed E-state index contributed by atoms with van der Waals surface area (Å²) in [5, 5.41) is 11.9. The van der Waals surface area contributed by atoms with Crippen LogP contribution in [0.5, 0.6) is 0 Å². The van der Waals surface area contributed by atoms with Crippen LogP contribution in [0.15, 0.2) is 53.8 Å². The predicted molar refractivity (Wildman–Crippen MR) is 146 cm³/mol. The van der Waals surface area contributed by atoms with Crippen LogP contribution in [-0.4, -0.2) is 29.7 Å². The maximum absolute atomic E-state index is 14.2. The first-order chi connectivity index (χ1) is 18.9. The second-order valence-electron chi connectivity index (χ2n) is 12.1. The summed E-state index contributed by atoms with van der Waals surface area (Å²) >= 11 is 0. The van der Waals surface area contributed by atoms with Gasteiger partial charge >= 0.3 is 6.18 Å². The van der Waals surface area contributed by atoms with Crippen molar-refractivity contribution in [1.82, 2.24) is 29.5 Å². The number of fused-ring (bicyclic) bond motifs is 1. The number of halogens is 3. The Morgan fingerprint density at radius 2 is 1.93 bits per heavy atom. The number of nitrogens with zero attached hydrogens (tertiary/aromatic N) is 5. The summed E-state index contributed by atoms with van der Waals surface area (Å²) < 4.78 is 45.5. The van der Waals surface area contributed by atoms with Gasteiger partial charge in [0.05, 0.1) is 16.5 Å². The lowest BCUT2D eigenvalue weighted by molar-refractivity contribution is -0.136. The molecule has 0 radical (unpaired) electrons. The van der Waals surface area contributed by atoms with Gasteiger partial charge < -0.3 is 9.88 Å². The number of hydrogen-bond donors (Lipinski definition) is 1. The fourth-order valence-electron chi connectivity index (χ4n) is 6.68. The van der Waals surface area contributed by atoms with E-state index in [2.05, 4.69) is 34.3 Å². The van der Waals surface area contributed by atoms with E-state index < -0.39 is 22.9 Å². The van der Waals surface area contributed by atoms with Gasteiger partial charge in [0, 0.05) is 31.0 Å². The van der Waals surface area contributed by atoms with Crippen LogP contribution in [0.1, 0.15) is 81.4 Å². The Labute approximate surface area is 230 Å². The molecule has 3 aromatic heterocycles. The molecular formula is C30H33F3N6O. The Hall–Kier alpha value is -3.53. The number of hydrogen-bond acceptors (Lipinski definition) is 5. The molecule has 40 heavy (non-hydrogen) atoms.